The summed E-state index contributed by atoms with van der Waals surface area (Å²) in [5.74, 6) is 0.682. The highest BCUT2D eigenvalue weighted by Crippen LogP contribution is 2.35. The normalized spacial score (nSPS) is 15.3. The lowest BCUT2D eigenvalue weighted by Crippen LogP contribution is -2.40. The molecule has 188 valence electrons. The molecule has 0 saturated carbocycles. The van der Waals surface area contributed by atoms with Crippen molar-refractivity contribution in [3.05, 3.63) is 90.6 Å². The first-order valence-corrected chi connectivity index (χ1v) is 12.3. The van der Waals surface area contributed by atoms with Crippen molar-refractivity contribution in [3.8, 4) is 11.5 Å². The molecule has 36 heavy (non-hydrogen) atoms. The van der Waals surface area contributed by atoms with Gasteiger partial charge in [-0.1, -0.05) is 47.7 Å². The van der Waals surface area contributed by atoms with E-state index >= 15 is 0 Å². The Labute approximate surface area is 212 Å². The van der Waals surface area contributed by atoms with Crippen LogP contribution in [0, 0.1) is 0 Å². The minimum Gasteiger partial charge on any atom is -0.496 e. The summed E-state index contributed by atoms with van der Waals surface area (Å²) in [5, 5.41) is 0. The van der Waals surface area contributed by atoms with Gasteiger partial charge in [0, 0.05) is 18.2 Å². The van der Waals surface area contributed by atoms with Gasteiger partial charge in [0.25, 0.3) is 5.56 Å². The van der Waals surface area contributed by atoms with Gasteiger partial charge in [0.2, 0.25) is 0 Å². The first kappa shape index (κ1) is 25.4. The van der Waals surface area contributed by atoms with E-state index in [1.54, 1.807) is 26.2 Å². The maximum absolute atomic E-state index is 13.8. The van der Waals surface area contributed by atoms with E-state index < -0.39 is 12.0 Å². The molecule has 0 bridgehead atoms. The average molecular weight is 509 g/mol. The molecule has 0 N–H and O–H groups in total. The number of hydrogen-bond acceptors (Lipinski definition) is 8. The number of thiazole rings is 1. The van der Waals surface area contributed by atoms with Crippen LogP contribution in [0.3, 0.4) is 0 Å². The van der Waals surface area contributed by atoms with Crippen LogP contribution in [0.5, 0.6) is 11.5 Å². The third-order valence-corrected chi connectivity index (χ3v) is 6.68. The molecule has 2 heterocycles. The van der Waals surface area contributed by atoms with E-state index in [1.807, 2.05) is 49.4 Å². The number of nitrogens with zero attached hydrogens (tertiary/aromatic N) is 2. The van der Waals surface area contributed by atoms with E-state index in [4.69, 9.17) is 18.9 Å². The molecular formula is C27H28N2O6S. The van der Waals surface area contributed by atoms with Crippen LogP contribution in [0.25, 0.3) is 6.08 Å². The van der Waals surface area contributed by atoms with Crippen molar-refractivity contribution < 1.29 is 23.7 Å². The van der Waals surface area contributed by atoms with E-state index in [2.05, 4.69) is 4.99 Å². The van der Waals surface area contributed by atoms with E-state index in [-0.39, 0.29) is 24.3 Å². The number of ether oxygens (including phenoxy) is 4. The summed E-state index contributed by atoms with van der Waals surface area (Å²) in [6.07, 6.45) is 1.80. The van der Waals surface area contributed by atoms with Crippen LogP contribution >= 0.6 is 11.3 Å². The van der Waals surface area contributed by atoms with Crippen LogP contribution in [0.15, 0.2) is 69.6 Å². The third-order valence-electron chi connectivity index (χ3n) is 5.70. The number of carbonyl (C=O) groups excluding carboxylic acids is 1. The molecule has 1 aliphatic heterocycles. The average Bonchev–Trinajstić information content (AvgIpc) is 3.18. The number of hydrogen-bond donors (Lipinski definition) is 0. The molecule has 4 rings (SSSR count). The standard InChI is InChI=1S/C27H28N2O6S/c1-5-34-20-12-8-6-10-18(20)16-22-25(30)29-24(19-11-7-9-13-21(19)33-4)23(17(2)28-27(29)36-22)26(31)35-15-14-32-3/h6-13,16,24H,5,14-15H2,1-4H3. The van der Waals surface area contributed by atoms with Gasteiger partial charge >= 0.3 is 5.97 Å². The van der Waals surface area contributed by atoms with Gasteiger partial charge in [0.05, 0.1) is 36.1 Å². The van der Waals surface area contributed by atoms with Gasteiger partial charge in [0.1, 0.15) is 24.1 Å². The van der Waals surface area contributed by atoms with E-state index in [9.17, 15) is 9.59 Å². The summed E-state index contributed by atoms with van der Waals surface area (Å²) < 4.78 is 23.8. The number of aromatic nitrogens is 1. The molecule has 1 atom stereocenters. The van der Waals surface area contributed by atoms with Crippen molar-refractivity contribution >= 4 is 23.4 Å². The Morgan fingerprint density at radius 3 is 2.53 bits per heavy atom. The lowest BCUT2D eigenvalue weighted by Gasteiger charge is -2.26. The highest BCUT2D eigenvalue weighted by molar-refractivity contribution is 7.07. The second kappa shape index (κ2) is 11.4. The Morgan fingerprint density at radius 1 is 1.08 bits per heavy atom. The fourth-order valence-electron chi connectivity index (χ4n) is 4.09. The number of rotatable bonds is 9. The Morgan fingerprint density at radius 2 is 1.81 bits per heavy atom. The number of benzene rings is 2. The summed E-state index contributed by atoms with van der Waals surface area (Å²) in [4.78, 5) is 32.2. The minimum absolute atomic E-state index is 0.0867. The fraction of sp³-hybridized carbons (Fsp3) is 0.296. The van der Waals surface area contributed by atoms with E-state index in [0.717, 1.165) is 5.56 Å². The largest absolute Gasteiger partial charge is 0.496 e. The van der Waals surface area contributed by atoms with Crippen molar-refractivity contribution in [2.24, 2.45) is 4.99 Å². The SMILES string of the molecule is CCOc1ccccc1C=c1sc2n(c1=O)C(c1ccccc1OC)C(C(=O)OCCOC)=C(C)N=2. The van der Waals surface area contributed by atoms with Crippen LogP contribution in [0.1, 0.15) is 31.0 Å². The van der Waals surface area contributed by atoms with Crippen molar-refractivity contribution in [2.75, 3.05) is 34.0 Å². The van der Waals surface area contributed by atoms with Crippen molar-refractivity contribution in [2.45, 2.75) is 19.9 Å². The van der Waals surface area contributed by atoms with Crippen LogP contribution < -0.4 is 24.4 Å². The van der Waals surface area contributed by atoms with E-state index in [1.165, 1.54) is 23.0 Å². The smallest absolute Gasteiger partial charge is 0.338 e. The highest BCUT2D eigenvalue weighted by atomic mass is 32.1. The molecule has 0 aliphatic carbocycles. The highest BCUT2D eigenvalue weighted by Gasteiger charge is 2.35. The number of methoxy groups -OCH3 is 2. The van der Waals surface area contributed by atoms with Gasteiger partial charge < -0.3 is 18.9 Å². The van der Waals surface area contributed by atoms with Gasteiger partial charge in [-0.15, -0.1) is 0 Å². The first-order chi connectivity index (χ1) is 17.5. The predicted molar refractivity (Wildman–Crippen MR) is 137 cm³/mol. The van der Waals surface area contributed by atoms with Crippen molar-refractivity contribution in [1.82, 2.24) is 4.57 Å². The quantitative estimate of drug-likeness (QED) is 0.326. The van der Waals surface area contributed by atoms with Crippen molar-refractivity contribution in [3.63, 3.8) is 0 Å². The van der Waals surface area contributed by atoms with Gasteiger partial charge in [-0.25, -0.2) is 9.79 Å². The Bertz CT molecular complexity index is 1470. The Balaban J connectivity index is 1.92. The molecule has 0 spiro atoms. The van der Waals surface area contributed by atoms with Gasteiger partial charge in [-0.2, -0.15) is 0 Å². The molecule has 0 radical (unpaired) electrons. The summed E-state index contributed by atoms with van der Waals surface area (Å²) in [5.41, 5.74) is 1.94. The minimum atomic E-state index is -0.767. The monoisotopic (exact) mass is 508 g/mol. The molecule has 2 aromatic carbocycles. The maximum Gasteiger partial charge on any atom is 0.338 e. The summed E-state index contributed by atoms with van der Waals surface area (Å²) in [6, 6.07) is 14.1. The van der Waals surface area contributed by atoms with Crippen LogP contribution in [0.2, 0.25) is 0 Å². The zero-order valence-corrected chi connectivity index (χ0v) is 21.5. The lowest BCUT2D eigenvalue weighted by atomic mass is 9.95. The summed E-state index contributed by atoms with van der Waals surface area (Å²) >= 11 is 1.26. The number of esters is 1. The first-order valence-electron chi connectivity index (χ1n) is 11.5. The lowest BCUT2D eigenvalue weighted by molar-refractivity contribution is -0.140. The van der Waals surface area contributed by atoms with Gasteiger partial charge in [0.15, 0.2) is 4.80 Å². The third kappa shape index (κ3) is 4.98. The van der Waals surface area contributed by atoms with E-state index in [0.29, 0.717) is 38.7 Å². The zero-order valence-electron chi connectivity index (χ0n) is 20.6. The molecular weight excluding hydrogens is 480 g/mol. The molecule has 0 saturated heterocycles. The topological polar surface area (TPSA) is 88.4 Å². The summed E-state index contributed by atoms with van der Waals surface area (Å²) in [6.45, 7) is 4.51. The Kier molecular flexibility index (Phi) is 8.02. The number of carbonyl (C=O) groups is 1. The molecule has 8 nitrogen and oxygen atoms in total. The second-order valence-electron chi connectivity index (χ2n) is 7.92. The van der Waals surface area contributed by atoms with Crippen LogP contribution in [-0.2, 0) is 14.3 Å². The molecule has 9 heteroatoms. The molecule has 0 amide bonds. The van der Waals surface area contributed by atoms with Gasteiger partial charge in [-0.05, 0) is 32.1 Å². The fourth-order valence-corrected chi connectivity index (χ4v) is 5.13. The molecule has 1 aliphatic rings. The number of allylic oxidation sites excluding steroid dienone is 1. The second-order valence-corrected chi connectivity index (χ2v) is 8.93. The maximum atomic E-state index is 13.8. The Hall–Kier alpha value is -3.69. The van der Waals surface area contributed by atoms with Gasteiger partial charge in [-0.3, -0.25) is 9.36 Å². The van der Waals surface area contributed by atoms with Crippen LogP contribution in [0.4, 0.5) is 0 Å². The zero-order chi connectivity index (χ0) is 25.7. The molecule has 0 fully saturated rings. The molecule has 3 aromatic rings. The number of fused-ring (bicyclic) bond motifs is 1. The molecule has 1 aromatic heterocycles. The predicted octanol–water partition coefficient (Wildman–Crippen LogP) is 2.83. The number of para-hydroxylation sites is 2. The van der Waals surface area contributed by atoms with Crippen molar-refractivity contribution in [1.29, 1.82) is 0 Å². The van der Waals surface area contributed by atoms with Crippen LogP contribution in [-0.4, -0.2) is 44.6 Å². The summed E-state index contributed by atoms with van der Waals surface area (Å²) in [7, 11) is 3.09. The molecule has 1 unspecified atom stereocenters.